The second-order valence-corrected chi connectivity index (χ2v) is 5.21. The van der Waals surface area contributed by atoms with Crippen LogP contribution in [-0.2, 0) is 7.05 Å². The van der Waals surface area contributed by atoms with Crippen LogP contribution in [0.5, 0.6) is 0 Å². The van der Waals surface area contributed by atoms with E-state index < -0.39 is 0 Å². The Morgan fingerprint density at radius 3 is 3.06 bits per heavy atom. The molecule has 3 rings (SSSR count). The Hall–Kier alpha value is -1.32. The lowest BCUT2D eigenvalue weighted by Gasteiger charge is -2.07. The quantitative estimate of drug-likeness (QED) is 0.845. The average molecular weight is 263 g/mol. The molecule has 1 aliphatic rings. The van der Waals surface area contributed by atoms with Crippen LogP contribution in [0.2, 0.25) is 5.02 Å². The van der Waals surface area contributed by atoms with Crippen LogP contribution in [0.3, 0.4) is 0 Å². The summed E-state index contributed by atoms with van der Waals surface area (Å²) in [6.45, 7) is 0.932. The second-order valence-electron chi connectivity index (χ2n) is 4.80. The fourth-order valence-corrected chi connectivity index (χ4v) is 3.02. The number of nitrogens with one attached hydrogen (secondary N) is 1. The van der Waals surface area contributed by atoms with Crippen molar-refractivity contribution < 1.29 is 4.79 Å². The number of rotatable bonds is 2. The predicted octanol–water partition coefficient (Wildman–Crippen LogP) is 2.77. The number of ketones is 1. The van der Waals surface area contributed by atoms with Gasteiger partial charge in [-0.15, -0.1) is 0 Å². The first-order valence-electron chi connectivity index (χ1n) is 6.19. The first kappa shape index (κ1) is 11.8. The van der Waals surface area contributed by atoms with Crippen LogP contribution in [0.25, 0.3) is 10.9 Å². The molecule has 3 nitrogen and oxygen atoms in total. The molecule has 94 valence electrons. The van der Waals surface area contributed by atoms with Gasteiger partial charge in [0.15, 0.2) is 5.78 Å². The number of halogens is 1. The fraction of sp³-hybridized carbons (Fsp3) is 0.357. The van der Waals surface area contributed by atoms with Crippen LogP contribution in [0.1, 0.15) is 23.2 Å². The third-order valence-electron chi connectivity index (χ3n) is 3.59. The third kappa shape index (κ3) is 1.74. The van der Waals surface area contributed by atoms with E-state index in [1.807, 2.05) is 36.0 Å². The summed E-state index contributed by atoms with van der Waals surface area (Å²) >= 11 is 6.19. The number of fused-ring (bicyclic) bond motifs is 1. The molecular formula is C14H15ClN2O. The van der Waals surface area contributed by atoms with E-state index in [0.717, 1.165) is 35.9 Å². The first-order valence-corrected chi connectivity index (χ1v) is 6.57. The molecule has 1 saturated heterocycles. The zero-order valence-corrected chi connectivity index (χ0v) is 11.0. The maximum atomic E-state index is 12.5. The van der Waals surface area contributed by atoms with E-state index in [1.54, 1.807) is 0 Å². The van der Waals surface area contributed by atoms with Crippen LogP contribution in [0.15, 0.2) is 24.4 Å². The number of aryl methyl sites for hydroxylation is 1. The molecule has 0 radical (unpaired) electrons. The molecule has 2 heterocycles. The number of hydrogen-bond acceptors (Lipinski definition) is 2. The van der Waals surface area contributed by atoms with Crippen molar-refractivity contribution in [2.24, 2.45) is 7.05 Å². The van der Waals surface area contributed by atoms with Crippen molar-refractivity contribution in [3.05, 3.63) is 35.0 Å². The van der Waals surface area contributed by atoms with Gasteiger partial charge in [0, 0.05) is 24.2 Å². The summed E-state index contributed by atoms with van der Waals surface area (Å²) in [5, 5.41) is 4.89. The van der Waals surface area contributed by atoms with Gasteiger partial charge in [-0.25, -0.2) is 0 Å². The molecule has 1 N–H and O–H groups in total. The van der Waals surface area contributed by atoms with E-state index in [-0.39, 0.29) is 11.8 Å². The molecule has 1 unspecified atom stereocenters. The number of hydrogen-bond donors (Lipinski definition) is 1. The SMILES string of the molecule is Cn1cc(C(=O)C2CCCN2)c2cccc(Cl)c21. The highest BCUT2D eigenvalue weighted by molar-refractivity contribution is 6.35. The number of Topliss-reactive ketones (excluding diaryl/α,β-unsaturated/α-hetero) is 1. The highest BCUT2D eigenvalue weighted by Gasteiger charge is 2.26. The van der Waals surface area contributed by atoms with Crippen molar-refractivity contribution in [1.29, 1.82) is 0 Å². The molecule has 0 spiro atoms. The van der Waals surface area contributed by atoms with Crippen LogP contribution < -0.4 is 5.32 Å². The van der Waals surface area contributed by atoms with Gasteiger partial charge in [0.05, 0.1) is 16.6 Å². The van der Waals surface area contributed by atoms with E-state index in [0.29, 0.717) is 5.02 Å². The second kappa shape index (κ2) is 4.41. The summed E-state index contributed by atoms with van der Waals surface area (Å²) in [6, 6.07) is 5.67. The van der Waals surface area contributed by atoms with Crippen molar-refractivity contribution in [3.8, 4) is 0 Å². The minimum absolute atomic E-state index is 0.0328. The van der Waals surface area contributed by atoms with Crippen molar-refractivity contribution in [1.82, 2.24) is 9.88 Å². The molecule has 0 saturated carbocycles. The summed E-state index contributed by atoms with van der Waals surface area (Å²) in [7, 11) is 1.92. The van der Waals surface area contributed by atoms with Gasteiger partial charge in [0.1, 0.15) is 0 Å². The predicted molar refractivity (Wildman–Crippen MR) is 73.3 cm³/mol. The Labute approximate surface area is 111 Å². The molecule has 0 amide bonds. The summed E-state index contributed by atoms with van der Waals surface area (Å²) in [5.74, 6) is 0.181. The van der Waals surface area contributed by atoms with Crippen molar-refractivity contribution in [3.63, 3.8) is 0 Å². The van der Waals surface area contributed by atoms with E-state index in [2.05, 4.69) is 5.32 Å². The smallest absolute Gasteiger partial charge is 0.181 e. The molecule has 1 aromatic carbocycles. The van der Waals surface area contributed by atoms with Crippen LogP contribution in [-0.4, -0.2) is 22.9 Å². The molecule has 4 heteroatoms. The van der Waals surface area contributed by atoms with Gasteiger partial charge >= 0.3 is 0 Å². The highest BCUT2D eigenvalue weighted by atomic mass is 35.5. The van der Waals surface area contributed by atoms with Gasteiger partial charge < -0.3 is 9.88 Å². The van der Waals surface area contributed by atoms with Crippen molar-refractivity contribution >= 4 is 28.3 Å². The van der Waals surface area contributed by atoms with Crippen molar-refractivity contribution in [2.45, 2.75) is 18.9 Å². The average Bonchev–Trinajstić information content (AvgIpc) is 2.97. The standard InChI is InChI=1S/C14H15ClN2O/c1-17-8-10(14(18)12-6-3-7-16-12)9-4-2-5-11(15)13(9)17/h2,4-5,8,12,16H,3,6-7H2,1H3. The zero-order valence-electron chi connectivity index (χ0n) is 10.2. The number of nitrogens with zero attached hydrogens (tertiary/aromatic N) is 1. The molecule has 18 heavy (non-hydrogen) atoms. The van der Waals surface area contributed by atoms with E-state index >= 15 is 0 Å². The largest absolute Gasteiger partial charge is 0.349 e. The Morgan fingerprint density at radius 1 is 1.50 bits per heavy atom. The van der Waals surface area contributed by atoms with Crippen molar-refractivity contribution in [2.75, 3.05) is 6.54 Å². The number of benzene rings is 1. The highest BCUT2D eigenvalue weighted by Crippen LogP contribution is 2.28. The van der Waals surface area contributed by atoms with E-state index in [1.165, 1.54) is 0 Å². The number of carbonyl (C=O) groups excluding carboxylic acids is 1. The van der Waals surface area contributed by atoms with Gasteiger partial charge in [0.25, 0.3) is 0 Å². The number of carbonyl (C=O) groups is 1. The zero-order chi connectivity index (χ0) is 12.7. The Morgan fingerprint density at radius 2 is 2.33 bits per heavy atom. The summed E-state index contributed by atoms with van der Waals surface area (Å²) < 4.78 is 1.93. The lowest BCUT2D eigenvalue weighted by molar-refractivity contribution is 0.0954. The monoisotopic (exact) mass is 262 g/mol. The van der Waals surface area contributed by atoms with E-state index in [4.69, 9.17) is 11.6 Å². The van der Waals surface area contributed by atoms with Crippen LogP contribution >= 0.6 is 11.6 Å². The van der Waals surface area contributed by atoms with Crippen LogP contribution in [0.4, 0.5) is 0 Å². The Bertz CT molecular complexity index is 612. The van der Waals surface area contributed by atoms with Gasteiger partial charge in [-0.2, -0.15) is 0 Å². The molecule has 1 atom stereocenters. The topological polar surface area (TPSA) is 34.0 Å². The normalized spacial score (nSPS) is 19.6. The Balaban J connectivity index is 2.12. The van der Waals surface area contributed by atoms with Gasteiger partial charge in [-0.3, -0.25) is 4.79 Å². The molecular weight excluding hydrogens is 248 g/mol. The van der Waals surface area contributed by atoms with Crippen LogP contribution in [0, 0.1) is 0 Å². The molecule has 1 aromatic heterocycles. The lowest BCUT2D eigenvalue weighted by atomic mass is 10.0. The lowest BCUT2D eigenvalue weighted by Crippen LogP contribution is -2.30. The maximum absolute atomic E-state index is 12.5. The molecule has 0 aliphatic carbocycles. The number of para-hydroxylation sites is 1. The van der Waals surface area contributed by atoms with Gasteiger partial charge in [0.2, 0.25) is 0 Å². The molecule has 2 aromatic rings. The Kier molecular flexibility index (Phi) is 2.88. The maximum Gasteiger partial charge on any atom is 0.181 e. The third-order valence-corrected chi connectivity index (χ3v) is 3.90. The minimum Gasteiger partial charge on any atom is -0.349 e. The van der Waals surface area contributed by atoms with Gasteiger partial charge in [-0.05, 0) is 25.5 Å². The summed E-state index contributed by atoms with van der Waals surface area (Å²) in [4.78, 5) is 12.5. The molecule has 1 fully saturated rings. The first-order chi connectivity index (χ1) is 8.68. The minimum atomic E-state index is -0.0328. The van der Waals surface area contributed by atoms with E-state index in [9.17, 15) is 4.79 Å². The summed E-state index contributed by atoms with van der Waals surface area (Å²) in [6.07, 6.45) is 3.89. The van der Waals surface area contributed by atoms with Gasteiger partial charge in [-0.1, -0.05) is 23.7 Å². The molecule has 1 aliphatic heterocycles. The molecule has 0 bridgehead atoms. The summed E-state index contributed by atoms with van der Waals surface area (Å²) in [5.41, 5.74) is 1.70. The fourth-order valence-electron chi connectivity index (χ4n) is 2.71. The number of aromatic nitrogens is 1.